The molecule has 4 amide bonds. The quantitative estimate of drug-likeness (QED) is 0.651. The molecular weight excluding hydrogens is 330 g/mol. The number of esters is 1. The van der Waals surface area contributed by atoms with E-state index in [2.05, 4.69) is 10.6 Å². The molecule has 1 atom stereocenters. The average molecular weight is 349 g/mol. The Kier molecular flexibility index (Phi) is 6.33. The highest BCUT2D eigenvalue weighted by Crippen LogP contribution is 2.07. The largest absolute Gasteiger partial charge is 0.484 e. The smallest absolute Gasteiger partial charge is 0.328 e. The Bertz CT molecular complexity index is 649. The standard InChI is InChI=1S/C16H19N3O6/c1-11(18-13(20)9-24-12-5-3-2-4-6-12)15(22)25-10-14(21)19-8-7-17-16(19)23/h2-6,11H,7-10H2,1H3,(H,17,23)(H,18,20)/t11-/m0/s1. The van der Waals surface area contributed by atoms with Crippen molar-refractivity contribution in [2.24, 2.45) is 0 Å². The molecule has 25 heavy (non-hydrogen) atoms. The summed E-state index contributed by atoms with van der Waals surface area (Å²) in [6.07, 6.45) is 0. The van der Waals surface area contributed by atoms with Gasteiger partial charge in [-0.3, -0.25) is 14.5 Å². The molecule has 0 unspecified atom stereocenters. The average Bonchev–Trinajstić information content (AvgIpc) is 3.04. The molecule has 2 N–H and O–H groups in total. The third-order valence-corrected chi connectivity index (χ3v) is 3.34. The second-order valence-electron chi connectivity index (χ2n) is 5.28. The van der Waals surface area contributed by atoms with Crippen LogP contribution in [0.3, 0.4) is 0 Å². The summed E-state index contributed by atoms with van der Waals surface area (Å²) in [6.45, 7) is 1.21. The van der Waals surface area contributed by atoms with Crippen molar-refractivity contribution in [3.8, 4) is 5.75 Å². The zero-order valence-electron chi connectivity index (χ0n) is 13.7. The number of amides is 4. The van der Waals surface area contributed by atoms with Crippen LogP contribution in [-0.4, -0.2) is 61.1 Å². The fraction of sp³-hybridized carbons (Fsp3) is 0.375. The van der Waals surface area contributed by atoms with Crippen LogP contribution in [0, 0.1) is 0 Å². The Balaban J connectivity index is 1.69. The topological polar surface area (TPSA) is 114 Å². The minimum absolute atomic E-state index is 0.234. The first-order valence-corrected chi connectivity index (χ1v) is 7.69. The molecule has 9 nitrogen and oxygen atoms in total. The van der Waals surface area contributed by atoms with Crippen molar-refractivity contribution >= 4 is 23.8 Å². The summed E-state index contributed by atoms with van der Waals surface area (Å²) in [5, 5.41) is 4.88. The van der Waals surface area contributed by atoms with E-state index in [0.717, 1.165) is 4.90 Å². The van der Waals surface area contributed by atoms with E-state index in [1.165, 1.54) is 6.92 Å². The first-order valence-electron chi connectivity index (χ1n) is 7.69. The molecule has 1 aromatic rings. The molecule has 1 heterocycles. The molecular formula is C16H19N3O6. The number of hydrogen-bond acceptors (Lipinski definition) is 6. The summed E-state index contributed by atoms with van der Waals surface area (Å²) < 4.78 is 10.1. The van der Waals surface area contributed by atoms with Crippen molar-refractivity contribution in [3.63, 3.8) is 0 Å². The predicted molar refractivity (Wildman–Crippen MR) is 85.6 cm³/mol. The first-order chi connectivity index (χ1) is 12.0. The molecule has 0 bridgehead atoms. The summed E-state index contributed by atoms with van der Waals surface area (Å²) in [5.74, 6) is -1.36. The van der Waals surface area contributed by atoms with Gasteiger partial charge in [0.15, 0.2) is 13.2 Å². The van der Waals surface area contributed by atoms with Gasteiger partial charge in [-0.15, -0.1) is 0 Å². The number of urea groups is 1. The van der Waals surface area contributed by atoms with Crippen molar-refractivity contribution in [3.05, 3.63) is 30.3 Å². The van der Waals surface area contributed by atoms with Gasteiger partial charge in [-0.05, 0) is 19.1 Å². The fourth-order valence-electron chi connectivity index (χ4n) is 2.05. The van der Waals surface area contributed by atoms with Gasteiger partial charge < -0.3 is 20.1 Å². The number of rotatable bonds is 7. The number of nitrogens with one attached hydrogen (secondary N) is 2. The van der Waals surface area contributed by atoms with Gasteiger partial charge in [-0.2, -0.15) is 0 Å². The van der Waals surface area contributed by atoms with E-state index in [1.807, 2.05) is 6.07 Å². The number of carbonyl (C=O) groups excluding carboxylic acids is 4. The Labute approximate surface area is 144 Å². The highest BCUT2D eigenvalue weighted by Gasteiger charge is 2.27. The fourth-order valence-corrected chi connectivity index (χ4v) is 2.05. The second kappa shape index (κ2) is 8.67. The Hall–Kier alpha value is -3.10. The minimum Gasteiger partial charge on any atom is -0.484 e. The SMILES string of the molecule is C[C@H](NC(=O)COc1ccccc1)C(=O)OCC(=O)N1CCNC1=O. The van der Waals surface area contributed by atoms with E-state index in [1.54, 1.807) is 24.3 Å². The van der Waals surface area contributed by atoms with Gasteiger partial charge in [0.25, 0.3) is 11.8 Å². The molecule has 0 spiro atoms. The summed E-state index contributed by atoms with van der Waals surface area (Å²) in [5.41, 5.74) is 0. The van der Waals surface area contributed by atoms with E-state index in [0.29, 0.717) is 12.3 Å². The lowest BCUT2D eigenvalue weighted by Gasteiger charge is -2.15. The monoisotopic (exact) mass is 349 g/mol. The van der Waals surface area contributed by atoms with Gasteiger partial charge in [-0.25, -0.2) is 9.59 Å². The number of imide groups is 1. The highest BCUT2D eigenvalue weighted by molar-refractivity contribution is 5.97. The molecule has 0 radical (unpaired) electrons. The van der Waals surface area contributed by atoms with Gasteiger partial charge in [0, 0.05) is 13.1 Å². The van der Waals surface area contributed by atoms with Crippen molar-refractivity contribution < 1.29 is 28.7 Å². The number of para-hydroxylation sites is 1. The van der Waals surface area contributed by atoms with Crippen LogP contribution in [0.1, 0.15) is 6.92 Å². The van der Waals surface area contributed by atoms with Gasteiger partial charge in [0.05, 0.1) is 0 Å². The molecule has 1 aliphatic rings. The maximum absolute atomic E-state index is 11.8. The number of nitrogens with zero attached hydrogens (tertiary/aromatic N) is 1. The lowest BCUT2D eigenvalue weighted by atomic mass is 10.3. The molecule has 2 rings (SSSR count). The zero-order valence-corrected chi connectivity index (χ0v) is 13.7. The van der Waals surface area contributed by atoms with Gasteiger partial charge in [0.1, 0.15) is 11.8 Å². The summed E-state index contributed by atoms with van der Waals surface area (Å²) >= 11 is 0. The summed E-state index contributed by atoms with van der Waals surface area (Å²) in [4.78, 5) is 47.6. The third kappa shape index (κ3) is 5.48. The van der Waals surface area contributed by atoms with Crippen LogP contribution in [0.15, 0.2) is 30.3 Å². The normalized spacial score (nSPS) is 14.4. The third-order valence-electron chi connectivity index (χ3n) is 3.34. The lowest BCUT2D eigenvalue weighted by Crippen LogP contribution is -2.43. The molecule has 0 aromatic heterocycles. The van der Waals surface area contributed by atoms with Crippen LogP contribution in [0.4, 0.5) is 4.79 Å². The predicted octanol–water partition coefficient (Wildman–Crippen LogP) is -0.335. The zero-order chi connectivity index (χ0) is 18.2. The van der Waals surface area contributed by atoms with Crippen molar-refractivity contribution in [2.45, 2.75) is 13.0 Å². The molecule has 1 aromatic carbocycles. The maximum atomic E-state index is 11.8. The van der Waals surface area contributed by atoms with Crippen molar-refractivity contribution in [2.75, 3.05) is 26.3 Å². The van der Waals surface area contributed by atoms with Crippen LogP contribution < -0.4 is 15.4 Å². The van der Waals surface area contributed by atoms with Crippen LogP contribution >= 0.6 is 0 Å². The Morgan fingerprint density at radius 3 is 2.60 bits per heavy atom. The van der Waals surface area contributed by atoms with Crippen molar-refractivity contribution in [1.82, 2.24) is 15.5 Å². The molecule has 1 aliphatic heterocycles. The first kappa shape index (κ1) is 18.2. The minimum atomic E-state index is -0.952. The Morgan fingerprint density at radius 1 is 1.24 bits per heavy atom. The van der Waals surface area contributed by atoms with Crippen molar-refractivity contribution in [1.29, 1.82) is 0 Å². The molecule has 0 aliphatic carbocycles. The maximum Gasteiger partial charge on any atom is 0.328 e. The number of ether oxygens (including phenoxy) is 2. The van der Waals surface area contributed by atoms with Crippen LogP contribution in [0.2, 0.25) is 0 Å². The van der Waals surface area contributed by atoms with E-state index in [4.69, 9.17) is 9.47 Å². The summed E-state index contributed by atoms with van der Waals surface area (Å²) in [7, 11) is 0. The van der Waals surface area contributed by atoms with Crippen LogP contribution in [-0.2, 0) is 19.1 Å². The van der Waals surface area contributed by atoms with Crippen LogP contribution in [0.25, 0.3) is 0 Å². The van der Waals surface area contributed by atoms with Gasteiger partial charge in [0.2, 0.25) is 0 Å². The van der Waals surface area contributed by atoms with E-state index < -0.39 is 36.5 Å². The van der Waals surface area contributed by atoms with Gasteiger partial charge >= 0.3 is 12.0 Å². The number of carbonyl (C=O) groups is 4. The second-order valence-corrected chi connectivity index (χ2v) is 5.28. The molecule has 1 fully saturated rings. The lowest BCUT2D eigenvalue weighted by molar-refractivity contribution is -0.153. The molecule has 134 valence electrons. The van der Waals surface area contributed by atoms with E-state index in [9.17, 15) is 19.2 Å². The Morgan fingerprint density at radius 2 is 1.96 bits per heavy atom. The van der Waals surface area contributed by atoms with Crippen LogP contribution in [0.5, 0.6) is 5.75 Å². The molecule has 9 heteroatoms. The van der Waals surface area contributed by atoms with Gasteiger partial charge in [-0.1, -0.05) is 18.2 Å². The number of hydrogen-bond donors (Lipinski definition) is 2. The summed E-state index contributed by atoms with van der Waals surface area (Å²) in [6, 6.07) is 7.29. The van der Waals surface area contributed by atoms with E-state index in [-0.39, 0.29) is 13.2 Å². The number of benzene rings is 1. The molecule has 1 saturated heterocycles. The van der Waals surface area contributed by atoms with E-state index >= 15 is 0 Å². The highest BCUT2D eigenvalue weighted by atomic mass is 16.5. The molecule has 0 saturated carbocycles.